The molecule has 0 aliphatic heterocycles. The molecule has 3 rings (SSSR count). The lowest BCUT2D eigenvalue weighted by Crippen LogP contribution is -2.48. The number of aryl methyl sites for hydroxylation is 1. The molecule has 0 unspecified atom stereocenters. The van der Waals surface area contributed by atoms with E-state index in [4.69, 9.17) is 0 Å². The molecule has 11 heteroatoms. The molecule has 0 radical (unpaired) electrons. The molecule has 0 aliphatic carbocycles. The number of rotatable bonds is 16. The van der Waals surface area contributed by atoms with Crippen molar-refractivity contribution in [2.45, 2.75) is 79.0 Å². The van der Waals surface area contributed by atoms with Gasteiger partial charge < -0.3 is 20.6 Å². The first kappa shape index (κ1) is 34.2. The van der Waals surface area contributed by atoms with Crippen molar-refractivity contribution < 1.29 is 23.5 Å². The van der Waals surface area contributed by atoms with E-state index in [9.17, 15) is 23.5 Å². The van der Waals surface area contributed by atoms with E-state index in [2.05, 4.69) is 34.7 Å². The third-order valence-electron chi connectivity index (χ3n) is 6.74. The number of nitrogens with one attached hydrogen (secondary N) is 2. The number of carbonyl (C=O) groups excluding carboxylic acids is 2. The van der Waals surface area contributed by atoms with Crippen LogP contribution in [0.5, 0.6) is 0 Å². The molecule has 1 heterocycles. The van der Waals surface area contributed by atoms with Crippen LogP contribution in [0.1, 0.15) is 82.4 Å². The van der Waals surface area contributed by atoms with Crippen LogP contribution in [0.2, 0.25) is 0 Å². The highest BCUT2D eigenvalue weighted by molar-refractivity contribution is 7.11. The molecule has 3 aromatic rings. The maximum absolute atomic E-state index is 14.0. The van der Waals surface area contributed by atoms with Crippen molar-refractivity contribution in [2.24, 2.45) is 5.92 Å². The lowest BCUT2D eigenvalue weighted by molar-refractivity contribution is 0.0755. The molecule has 8 nitrogen and oxygen atoms in total. The van der Waals surface area contributed by atoms with Gasteiger partial charge in [0.25, 0.3) is 11.8 Å². The fourth-order valence-corrected chi connectivity index (χ4v) is 5.88. The van der Waals surface area contributed by atoms with Crippen LogP contribution in [0.3, 0.4) is 0 Å². The zero-order valence-corrected chi connectivity index (χ0v) is 26.4. The SMILES string of the molecule is CCCN(CCC)C(=O)c1cc(C)cc(C(=O)N[C@@H](Cc2cc(F)cc(F)c2)[C@H](O)CNCc2nnc(CC(C)C)s2)c1. The Morgan fingerprint density at radius 1 is 0.930 bits per heavy atom. The minimum Gasteiger partial charge on any atom is -0.390 e. The Balaban J connectivity index is 1.78. The van der Waals surface area contributed by atoms with Crippen LogP contribution in [0.15, 0.2) is 36.4 Å². The number of aliphatic hydroxyl groups excluding tert-OH is 1. The third kappa shape index (κ3) is 10.7. The number of halogens is 2. The van der Waals surface area contributed by atoms with Crippen LogP contribution in [-0.4, -0.2) is 63.8 Å². The minimum atomic E-state index is -1.10. The summed E-state index contributed by atoms with van der Waals surface area (Å²) in [4.78, 5) is 28.5. The molecule has 2 atom stereocenters. The largest absolute Gasteiger partial charge is 0.390 e. The summed E-state index contributed by atoms with van der Waals surface area (Å²) in [6.07, 6.45) is 1.35. The van der Waals surface area contributed by atoms with Crippen LogP contribution < -0.4 is 10.6 Å². The molecule has 2 amide bonds. The second-order valence-corrected chi connectivity index (χ2v) is 12.5. The molecule has 0 saturated heterocycles. The van der Waals surface area contributed by atoms with Gasteiger partial charge in [-0.3, -0.25) is 9.59 Å². The molecule has 234 valence electrons. The molecule has 0 saturated carbocycles. The number of carbonyl (C=O) groups is 2. The van der Waals surface area contributed by atoms with Crippen molar-refractivity contribution in [2.75, 3.05) is 19.6 Å². The summed E-state index contributed by atoms with van der Waals surface area (Å²) in [5.41, 5.74) is 1.70. The lowest BCUT2D eigenvalue weighted by atomic mass is 9.99. The van der Waals surface area contributed by atoms with Gasteiger partial charge in [-0.15, -0.1) is 21.5 Å². The van der Waals surface area contributed by atoms with Gasteiger partial charge in [-0.1, -0.05) is 27.7 Å². The lowest BCUT2D eigenvalue weighted by Gasteiger charge is -2.25. The highest BCUT2D eigenvalue weighted by Crippen LogP contribution is 2.17. The molecule has 0 fully saturated rings. The fraction of sp³-hybridized carbons (Fsp3) is 0.500. The smallest absolute Gasteiger partial charge is 0.253 e. The van der Waals surface area contributed by atoms with E-state index in [1.54, 1.807) is 23.1 Å². The van der Waals surface area contributed by atoms with Gasteiger partial charge in [-0.25, -0.2) is 8.78 Å². The van der Waals surface area contributed by atoms with E-state index < -0.39 is 29.7 Å². The molecule has 1 aromatic heterocycles. The number of aliphatic hydroxyl groups is 1. The highest BCUT2D eigenvalue weighted by Gasteiger charge is 2.24. The third-order valence-corrected chi connectivity index (χ3v) is 7.69. The summed E-state index contributed by atoms with van der Waals surface area (Å²) in [6.45, 7) is 11.7. The van der Waals surface area contributed by atoms with Gasteiger partial charge in [-0.05, 0) is 73.6 Å². The Morgan fingerprint density at radius 2 is 1.56 bits per heavy atom. The second-order valence-electron chi connectivity index (χ2n) is 11.3. The zero-order valence-electron chi connectivity index (χ0n) is 25.6. The molecule has 43 heavy (non-hydrogen) atoms. The Hall–Kier alpha value is -3.28. The van der Waals surface area contributed by atoms with Gasteiger partial charge in [0.2, 0.25) is 0 Å². The van der Waals surface area contributed by atoms with Crippen LogP contribution in [0.4, 0.5) is 8.78 Å². The van der Waals surface area contributed by atoms with Gasteiger partial charge in [0.05, 0.1) is 12.1 Å². The van der Waals surface area contributed by atoms with Gasteiger partial charge in [-0.2, -0.15) is 0 Å². The molecule has 0 aliphatic rings. The molecular weight excluding hydrogens is 572 g/mol. The van der Waals surface area contributed by atoms with E-state index in [-0.39, 0.29) is 24.4 Å². The Morgan fingerprint density at radius 3 is 2.19 bits per heavy atom. The maximum Gasteiger partial charge on any atom is 0.253 e. The summed E-state index contributed by atoms with van der Waals surface area (Å²) in [5.74, 6) is -1.68. The van der Waals surface area contributed by atoms with Gasteiger partial charge in [0.1, 0.15) is 21.6 Å². The highest BCUT2D eigenvalue weighted by atomic mass is 32.1. The molecular formula is C32H43F2N5O3S. The van der Waals surface area contributed by atoms with Crippen molar-refractivity contribution >= 4 is 23.2 Å². The zero-order chi connectivity index (χ0) is 31.5. The summed E-state index contributed by atoms with van der Waals surface area (Å²) in [7, 11) is 0. The number of benzene rings is 2. The Bertz CT molecular complexity index is 1340. The first-order valence-electron chi connectivity index (χ1n) is 14.9. The number of amides is 2. The molecule has 2 aromatic carbocycles. The summed E-state index contributed by atoms with van der Waals surface area (Å²) in [6, 6.07) is 7.22. The van der Waals surface area contributed by atoms with Crippen molar-refractivity contribution in [3.8, 4) is 0 Å². The van der Waals surface area contributed by atoms with Gasteiger partial charge >= 0.3 is 0 Å². The van der Waals surface area contributed by atoms with Crippen molar-refractivity contribution in [1.82, 2.24) is 25.7 Å². The Labute approximate surface area is 256 Å². The van der Waals surface area contributed by atoms with E-state index in [1.165, 1.54) is 23.5 Å². The van der Waals surface area contributed by atoms with Crippen LogP contribution in [0, 0.1) is 24.5 Å². The quantitative estimate of drug-likeness (QED) is 0.208. The number of aromatic nitrogens is 2. The van der Waals surface area contributed by atoms with Gasteiger partial charge in [0.15, 0.2) is 0 Å². The van der Waals surface area contributed by atoms with Crippen LogP contribution in [0.25, 0.3) is 0 Å². The van der Waals surface area contributed by atoms with Crippen LogP contribution >= 0.6 is 11.3 Å². The average Bonchev–Trinajstić information content (AvgIpc) is 3.37. The topological polar surface area (TPSA) is 107 Å². The Kier molecular flexibility index (Phi) is 13.2. The van der Waals surface area contributed by atoms with Crippen LogP contribution in [-0.2, 0) is 19.4 Å². The first-order valence-corrected chi connectivity index (χ1v) is 15.7. The monoisotopic (exact) mass is 615 g/mol. The molecule has 0 bridgehead atoms. The summed E-state index contributed by atoms with van der Waals surface area (Å²) in [5, 5.41) is 27.2. The van der Waals surface area contributed by atoms with E-state index in [1.807, 2.05) is 20.8 Å². The van der Waals surface area contributed by atoms with E-state index in [0.29, 0.717) is 36.7 Å². The number of hydrogen-bond acceptors (Lipinski definition) is 7. The minimum absolute atomic E-state index is 0.0149. The number of nitrogens with zero attached hydrogens (tertiary/aromatic N) is 3. The van der Waals surface area contributed by atoms with Crippen molar-refractivity contribution in [3.63, 3.8) is 0 Å². The standard InChI is InChI=1S/C32H43F2N5O3S/c1-6-8-39(9-7-2)32(42)24-12-21(5)11-23(16-24)31(41)36-27(15-22-13-25(33)17-26(34)14-22)28(40)18-35-19-30-38-37-29(43-30)10-20(3)4/h11-14,16-17,20,27-28,35,40H,6-10,15,18-19H2,1-5H3,(H,36,41)/t27-,28+/m0/s1. The summed E-state index contributed by atoms with van der Waals surface area (Å²) >= 11 is 1.50. The van der Waals surface area contributed by atoms with Crippen molar-refractivity contribution in [1.29, 1.82) is 0 Å². The predicted octanol–water partition coefficient (Wildman–Crippen LogP) is 5.08. The van der Waals surface area contributed by atoms with E-state index in [0.717, 1.165) is 40.9 Å². The average molecular weight is 616 g/mol. The van der Waals surface area contributed by atoms with E-state index >= 15 is 0 Å². The normalized spacial score (nSPS) is 12.8. The number of hydrogen-bond donors (Lipinski definition) is 3. The molecule has 0 spiro atoms. The molecule has 3 N–H and O–H groups in total. The summed E-state index contributed by atoms with van der Waals surface area (Å²) < 4.78 is 27.9. The second kappa shape index (κ2) is 16.5. The van der Waals surface area contributed by atoms with Crippen molar-refractivity contribution in [3.05, 3.63) is 80.3 Å². The maximum atomic E-state index is 14.0. The first-order chi connectivity index (χ1) is 20.5. The fourth-order valence-electron chi connectivity index (χ4n) is 4.85. The van der Waals surface area contributed by atoms with Gasteiger partial charge in [0, 0.05) is 49.8 Å². The predicted molar refractivity (Wildman–Crippen MR) is 165 cm³/mol.